The van der Waals surface area contributed by atoms with Crippen molar-refractivity contribution in [3.63, 3.8) is 0 Å². The average Bonchev–Trinajstić information content (AvgIpc) is 2.94. The van der Waals surface area contributed by atoms with E-state index in [-0.39, 0.29) is 17.2 Å². The molecule has 0 N–H and O–H groups in total. The molecule has 0 saturated carbocycles. The van der Waals surface area contributed by atoms with Crippen LogP contribution >= 0.6 is 11.6 Å². The van der Waals surface area contributed by atoms with Gasteiger partial charge in [0.15, 0.2) is 23.2 Å². The van der Waals surface area contributed by atoms with Crippen molar-refractivity contribution in [2.24, 2.45) is 5.92 Å². The summed E-state index contributed by atoms with van der Waals surface area (Å²) in [6, 6.07) is 0. The lowest BCUT2D eigenvalue weighted by atomic mass is 10.00. The van der Waals surface area contributed by atoms with Crippen molar-refractivity contribution in [2.45, 2.75) is 38.8 Å². The Labute approximate surface area is 114 Å². The van der Waals surface area contributed by atoms with E-state index in [1.807, 2.05) is 13.8 Å². The molecule has 3 heterocycles. The molecule has 0 unspecified atom stereocenters. The summed E-state index contributed by atoms with van der Waals surface area (Å²) in [5, 5.41) is 0.261. The van der Waals surface area contributed by atoms with Crippen molar-refractivity contribution in [1.29, 1.82) is 0 Å². The van der Waals surface area contributed by atoms with Crippen LogP contribution < -0.4 is 0 Å². The van der Waals surface area contributed by atoms with Crippen LogP contribution in [0, 0.1) is 5.92 Å². The maximum absolute atomic E-state index is 14.4. The third-order valence-electron chi connectivity index (χ3n) is 3.67. The quantitative estimate of drug-likeness (QED) is 0.796. The van der Waals surface area contributed by atoms with Gasteiger partial charge in [-0.25, -0.2) is 19.3 Å². The average molecular weight is 285 g/mol. The number of alkyl halides is 1. The van der Waals surface area contributed by atoms with Crippen molar-refractivity contribution in [1.82, 2.24) is 19.5 Å². The maximum Gasteiger partial charge on any atom is 0.168 e. The Morgan fingerprint density at radius 3 is 2.89 bits per heavy atom. The molecule has 1 aliphatic rings. The molecule has 0 spiro atoms. The number of halogens is 2. The molecule has 4 atom stereocenters. The molecule has 0 amide bonds. The highest BCUT2D eigenvalue weighted by Crippen LogP contribution is 2.38. The van der Waals surface area contributed by atoms with Crippen LogP contribution in [0.1, 0.15) is 26.5 Å². The first-order valence-corrected chi connectivity index (χ1v) is 6.63. The van der Waals surface area contributed by atoms with Crippen LogP contribution in [0.25, 0.3) is 11.2 Å². The third kappa shape index (κ3) is 1.90. The number of rotatable bonds is 2. The molecule has 7 heteroatoms. The Morgan fingerprint density at radius 1 is 1.42 bits per heavy atom. The molecule has 0 aromatic carbocycles. The SMILES string of the molecule is CC[C@H]1O[C@@H](n2cnc3c(Cl)ncnc32)[C@H](F)[C@@H]1C. The Hall–Kier alpha value is -1.27. The van der Waals surface area contributed by atoms with Gasteiger partial charge in [-0.15, -0.1) is 0 Å². The second-order valence-electron chi connectivity index (χ2n) is 4.77. The van der Waals surface area contributed by atoms with E-state index in [9.17, 15) is 4.39 Å². The van der Waals surface area contributed by atoms with Crippen LogP contribution in [0.5, 0.6) is 0 Å². The summed E-state index contributed by atoms with van der Waals surface area (Å²) in [4.78, 5) is 12.1. The highest BCUT2D eigenvalue weighted by molar-refractivity contribution is 6.33. The van der Waals surface area contributed by atoms with Crippen molar-refractivity contribution >= 4 is 22.8 Å². The van der Waals surface area contributed by atoms with Crippen molar-refractivity contribution < 1.29 is 9.13 Å². The fraction of sp³-hybridized carbons (Fsp3) is 0.583. The van der Waals surface area contributed by atoms with Gasteiger partial charge < -0.3 is 4.74 Å². The van der Waals surface area contributed by atoms with Crippen LogP contribution in [0.15, 0.2) is 12.7 Å². The van der Waals surface area contributed by atoms with Crippen LogP contribution in [0.4, 0.5) is 4.39 Å². The van der Waals surface area contributed by atoms with Gasteiger partial charge in [-0.05, 0) is 6.42 Å². The monoisotopic (exact) mass is 284 g/mol. The van der Waals surface area contributed by atoms with Crippen LogP contribution in [0.3, 0.4) is 0 Å². The summed E-state index contributed by atoms with van der Waals surface area (Å²) < 4.78 is 21.7. The van der Waals surface area contributed by atoms with Gasteiger partial charge in [0.1, 0.15) is 11.8 Å². The molecular weight excluding hydrogens is 271 g/mol. The number of ether oxygens (including phenoxy) is 1. The molecule has 19 heavy (non-hydrogen) atoms. The summed E-state index contributed by atoms with van der Waals surface area (Å²) in [7, 11) is 0. The zero-order chi connectivity index (χ0) is 13.6. The van der Waals surface area contributed by atoms with Gasteiger partial charge in [-0.1, -0.05) is 25.4 Å². The van der Waals surface area contributed by atoms with Gasteiger partial charge >= 0.3 is 0 Å². The molecule has 2 aromatic rings. The lowest BCUT2D eigenvalue weighted by Crippen LogP contribution is -2.19. The highest BCUT2D eigenvalue weighted by atomic mass is 35.5. The Kier molecular flexibility index (Phi) is 3.14. The predicted octanol–water partition coefficient (Wildman–Crippen LogP) is 2.76. The minimum absolute atomic E-state index is 0.0882. The van der Waals surface area contributed by atoms with Crippen LogP contribution in [-0.4, -0.2) is 31.8 Å². The first-order chi connectivity index (χ1) is 9.13. The third-order valence-corrected chi connectivity index (χ3v) is 3.94. The molecule has 5 nitrogen and oxygen atoms in total. The number of hydrogen-bond donors (Lipinski definition) is 0. The smallest absolute Gasteiger partial charge is 0.168 e. The molecular formula is C12H14ClFN4O. The highest BCUT2D eigenvalue weighted by Gasteiger charge is 2.43. The minimum Gasteiger partial charge on any atom is -0.351 e. The van der Waals surface area contributed by atoms with E-state index in [1.165, 1.54) is 12.7 Å². The number of aromatic nitrogens is 4. The summed E-state index contributed by atoms with van der Waals surface area (Å²) in [6.07, 6.45) is 1.75. The van der Waals surface area contributed by atoms with E-state index in [1.54, 1.807) is 4.57 Å². The van der Waals surface area contributed by atoms with Crippen LogP contribution in [0.2, 0.25) is 5.15 Å². The maximum atomic E-state index is 14.4. The van der Waals surface area contributed by atoms with Crippen molar-refractivity contribution in [2.75, 3.05) is 0 Å². The molecule has 0 aliphatic carbocycles. The lowest BCUT2D eigenvalue weighted by Gasteiger charge is -2.15. The summed E-state index contributed by atoms with van der Waals surface area (Å²) in [5.74, 6) is -0.148. The molecule has 1 aliphatic heterocycles. The Morgan fingerprint density at radius 2 is 2.21 bits per heavy atom. The van der Waals surface area contributed by atoms with E-state index in [0.717, 1.165) is 6.42 Å². The number of imidazole rings is 1. The molecule has 3 rings (SSSR count). The van der Waals surface area contributed by atoms with E-state index in [2.05, 4.69) is 15.0 Å². The normalized spacial score (nSPS) is 31.2. The number of fused-ring (bicyclic) bond motifs is 1. The van der Waals surface area contributed by atoms with Gasteiger partial charge in [0.2, 0.25) is 0 Å². The van der Waals surface area contributed by atoms with Crippen molar-refractivity contribution in [3.8, 4) is 0 Å². The molecule has 2 aromatic heterocycles. The van der Waals surface area contributed by atoms with E-state index >= 15 is 0 Å². The first kappa shape index (κ1) is 12.7. The van der Waals surface area contributed by atoms with E-state index in [0.29, 0.717) is 11.2 Å². The number of nitrogens with zero attached hydrogens (tertiary/aromatic N) is 4. The molecule has 1 saturated heterocycles. The van der Waals surface area contributed by atoms with Gasteiger partial charge in [0.05, 0.1) is 12.4 Å². The molecule has 0 bridgehead atoms. The molecule has 0 radical (unpaired) electrons. The Bertz CT molecular complexity index is 604. The molecule has 102 valence electrons. The minimum atomic E-state index is -1.09. The fourth-order valence-corrected chi connectivity index (χ4v) is 2.72. The topological polar surface area (TPSA) is 52.8 Å². The second-order valence-corrected chi connectivity index (χ2v) is 5.12. The van der Waals surface area contributed by atoms with Gasteiger partial charge in [0, 0.05) is 5.92 Å². The van der Waals surface area contributed by atoms with E-state index < -0.39 is 12.4 Å². The first-order valence-electron chi connectivity index (χ1n) is 6.26. The second kappa shape index (κ2) is 4.68. The van der Waals surface area contributed by atoms with Crippen molar-refractivity contribution in [3.05, 3.63) is 17.8 Å². The summed E-state index contributed by atoms with van der Waals surface area (Å²) in [6.45, 7) is 3.85. The summed E-state index contributed by atoms with van der Waals surface area (Å²) >= 11 is 5.94. The van der Waals surface area contributed by atoms with Crippen LogP contribution in [-0.2, 0) is 4.74 Å². The molecule has 1 fully saturated rings. The zero-order valence-electron chi connectivity index (χ0n) is 10.6. The van der Waals surface area contributed by atoms with Gasteiger partial charge in [-0.2, -0.15) is 0 Å². The largest absolute Gasteiger partial charge is 0.351 e. The van der Waals surface area contributed by atoms with Gasteiger partial charge in [0.25, 0.3) is 0 Å². The standard InChI is InChI=1S/C12H14ClFN4O/c1-3-7-6(2)8(14)12(19-7)18-5-17-9-10(13)15-4-16-11(9)18/h4-8,12H,3H2,1-2H3/t6-,7-,8-,12-/m1/s1. The van der Waals surface area contributed by atoms with E-state index in [4.69, 9.17) is 16.3 Å². The summed E-state index contributed by atoms with van der Waals surface area (Å²) in [5.41, 5.74) is 0.962. The number of hydrogen-bond acceptors (Lipinski definition) is 4. The fourth-order valence-electron chi connectivity index (χ4n) is 2.54. The predicted molar refractivity (Wildman–Crippen MR) is 68.6 cm³/mol. The Balaban J connectivity index is 2.04. The van der Waals surface area contributed by atoms with Gasteiger partial charge in [-0.3, -0.25) is 4.57 Å². The zero-order valence-corrected chi connectivity index (χ0v) is 11.4. The lowest BCUT2D eigenvalue weighted by molar-refractivity contribution is -0.0186.